The molecule has 0 saturated heterocycles. The molecule has 19 heavy (non-hydrogen) atoms. The molecule has 2 aromatic rings. The van der Waals surface area contributed by atoms with E-state index in [-0.39, 0.29) is 4.83 Å². The average molecular weight is 429 g/mol. The monoisotopic (exact) mass is 428 g/mol. The molecule has 0 saturated carbocycles. The lowest BCUT2D eigenvalue weighted by molar-refractivity contribution is 0.795. The Morgan fingerprint density at radius 1 is 1.05 bits per heavy atom. The first-order valence-electron chi connectivity index (χ1n) is 6.69. The van der Waals surface area contributed by atoms with E-state index in [2.05, 4.69) is 94.0 Å². The van der Waals surface area contributed by atoms with Gasteiger partial charge in [-0.15, -0.1) is 0 Å². The second-order valence-corrected chi connectivity index (χ2v) is 6.92. The van der Waals surface area contributed by atoms with Crippen LogP contribution in [-0.2, 0) is 6.42 Å². The van der Waals surface area contributed by atoms with E-state index in [1.54, 1.807) is 0 Å². The van der Waals surface area contributed by atoms with Gasteiger partial charge in [0.15, 0.2) is 0 Å². The fraction of sp³-hybridized carbons (Fsp3) is 0.294. The van der Waals surface area contributed by atoms with Crippen LogP contribution in [0.15, 0.2) is 48.5 Å². The molecule has 2 heteroatoms. The molecule has 2 rings (SSSR count). The lowest BCUT2D eigenvalue weighted by atomic mass is 10.0. The van der Waals surface area contributed by atoms with Crippen molar-refractivity contribution in [2.24, 2.45) is 0 Å². The SMILES string of the molecule is CCCCc1ccc(C(Br)c2cccc(I)c2)cc1. The molecule has 0 aromatic heterocycles. The van der Waals surface area contributed by atoms with Gasteiger partial charge in [0.05, 0.1) is 4.83 Å². The predicted molar refractivity (Wildman–Crippen MR) is 95.0 cm³/mol. The molecule has 1 unspecified atom stereocenters. The van der Waals surface area contributed by atoms with Gasteiger partial charge in [-0.25, -0.2) is 0 Å². The van der Waals surface area contributed by atoms with Crippen molar-refractivity contribution >= 4 is 38.5 Å². The van der Waals surface area contributed by atoms with E-state index in [0.717, 1.165) is 0 Å². The summed E-state index contributed by atoms with van der Waals surface area (Å²) >= 11 is 6.16. The van der Waals surface area contributed by atoms with E-state index in [1.165, 1.54) is 39.5 Å². The molecule has 2 aromatic carbocycles. The zero-order chi connectivity index (χ0) is 13.7. The number of alkyl halides is 1. The minimum Gasteiger partial charge on any atom is -0.0786 e. The molecule has 0 aliphatic carbocycles. The van der Waals surface area contributed by atoms with Gasteiger partial charge in [-0.05, 0) is 64.3 Å². The summed E-state index contributed by atoms with van der Waals surface area (Å²) in [5, 5.41) is 0. The van der Waals surface area contributed by atoms with Gasteiger partial charge in [0.2, 0.25) is 0 Å². The Hall–Kier alpha value is -0.350. The topological polar surface area (TPSA) is 0 Å². The van der Waals surface area contributed by atoms with E-state index >= 15 is 0 Å². The van der Waals surface area contributed by atoms with Gasteiger partial charge in [-0.3, -0.25) is 0 Å². The van der Waals surface area contributed by atoms with Crippen LogP contribution in [0, 0.1) is 3.57 Å². The summed E-state index contributed by atoms with van der Waals surface area (Å²) in [4.78, 5) is 0.280. The molecule has 100 valence electrons. The third kappa shape index (κ3) is 4.32. The highest BCUT2D eigenvalue weighted by Gasteiger charge is 2.10. The molecular weight excluding hydrogens is 411 g/mol. The van der Waals surface area contributed by atoms with Crippen LogP contribution >= 0.6 is 38.5 Å². The summed E-state index contributed by atoms with van der Waals surface area (Å²) in [5.41, 5.74) is 4.07. The molecule has 0 spiro atoms. The Morgan fingerprint density at radius 3 is 2.42 bits per heavy atom. The van der Waals surface area contributed by atoms with Crippen LogP contribution in [0.3, 0.4) is 0 Å². The van der Waals surface area contributed by atoms with Gasteiger partial charge in [-0.1, -0.05) is 65.7 Å². The predicted octanol–water partition coefficient (Wildman–Crippen LogP) is 6.12. The maximum Gasteiger partial charge on any atom is 0.0645 e. The fourth-order valence-corrected chi connectivity index (χ4v) is 3.25. The Labute approximate surface area is 137 Å². The van der Waals surface area contributed by atoms with E-state index in [4.69, 9.17) is 0 Å². The highest BCUT2D eigenvalue weighted by molar-refractivity contribution is 14.1. The van der Waals surface area contributed by atoms with Gasteiger partial charge in [0.1, 0.15) is 0 Å². The van der Waals surface area contributed by atoms with Crippen molar-refractivity contribution < 1.29 is 0 Å². The van der Waals surface area contributed by atoms with Gasteiger partial charge in [-0.2, -0.15) is 0 Å². The third-order valence-corrected chi connectivity index (χ3v) is 4.96. The molecule has 0 radical (unpaired) electrons. The second kappa shape index (κ2) is 7.44. The van der Waals surface area contributed by atoms with Gasteiger partial charge < -0.3 is 0 Å². The largest absolute Gasteiger partial charge is 0.0786 e. The van der Waals surface area contributed by atoms with Crippen LogP contribution in [0.2, 0.25) is 0 Å². The minimum absolute atomic E-state index is 0.280. The summed E-state index contributed by atoms with van der Waals surface area (Å²) in [6, 6.07) is 17.6. The summed E-state index contributed by atoms with van der Waals surface area (Å²) in [5.74, 6) is 0. The summed E-state index contributed by atoms with van der Waals surface area (Å²) < 4.78 is 1.28. The minimum atomic E-state index is 0.280. The standard InChI is InChI=1S/C17H18BrI/c1-2-3-5-13-8-10-14(11-9-13)17(18)15-6-4-7-16(19)12-15/h4,6-12,17H,2-3,5H2,1H3. The molecule has 0 amide bonds. The van der Waals surface area contributed by atoms with Crippen LogP contribution in [0.1, 0.15) is 41.3 Å². The quantitative estimate of drug-likeness (QED) is 0.397. The number of halogens is 2. The number of hydrogen-bond donors (Lipinski definition) is 0. The number of rotatable bonds is 5. The van der Waals surface area contributed by atoms with E-state index in [1.807, 2.05) is 0 Å². The zero-order valence-corrected chi connectivity index (χ0v) is 14.8. The Bertz CT molecular complexity index is 519. The van der Waals surface area contributed by atoms with Crippen LogP contribution in [-0.4, -0.2) is 0 Å². The van der Waals surface area contributed by atoms with E-state index in [0.29, 0.717) is 0 Å². The van der Waals surface area contributed by atoms with Crippen LogP contribution in [0.25, 0.3) is 0 Å². The van der Waals surface area contributed by atoms with Crippen molar-refractivity contribution in [1.29, 1.82) is 0 Å². The van der Waals surface area contributed by atoms with E-state index < -0.39 is 0 Å². The molecule has 0 aliphatic rings. The number of hydrogen-bond acceptors (Lipinski definition) is 0. The first-order valence-corrected chi connectivity index (χ1v) is 8.68. The van der Waals surface area contributed by atoms with Crippen molar-refractivity contribution in [1.82, 2.24) is 0 Å². The lowest BCUT2D eigenvalue weighted by Crippen LogP contribution is -1.94. The molecule has 0 aliphatic heterocycles. The summed E-state index contributed by atoms with van der Waals surface area (Å²) in [6.07, 6.45) is 3.71. The highest BCUT2D eigenvalue weighted by atomic mass is 127. The average Bonchev–Trinajstić information content (AvgIpc) is 2.45. The zero-order valence-electron chi connectivity index (χ0n) is 11.1. The van der Waals surface area contributed by atoms with Crippen LogP contribution < -0.4 is 0 Å². The molecule has 1 atom stereocenters. The van der Waals surface area contributed by atoms with Crippen molar-refractivity contribution in [3.8, 4) is 0 Å². The maximum absolute atomic E-state index is 3.80. The maximum atomic E-state index is 3.80. The first-order chi connectivity index (χ1) is 9.20. The lowest BCUT2D eigenvalue weighted by Gasteiger charge is -2.12. The molecule has 0 fully saturated rings. The van der Waals surface area contributed by atoms with Gasteiger partial charge in [0.25, 0.3) is 0 Å². The number of aryl methyl sites for hydroxylation is 1. The Balaban J connectivity index is 2.13. The van der Waals surface area contributed by atoms with Crippen molar-refractivity contribution in [3.63, 3.8) is 0 Å². The van der Waals surface area contributed by atoms with Crippen molar-refractivity contribution in [2.45, 2.75) is 31.0 Å². The molecular formula is C17H18BrI. The second-order valence-electron chi connectivity index (χ2n) is 4.76. The van der Waals surface area contributed by atoms with E-state index in [9.17, 15) is 0 Å². The van der Waals surface area contributed by atoms with Crippen LogP contribution in [0.5, 0.6) is 0 Å². The molecule has 0 heterocycles. The Kier molecular flexibility index (Phi) is 5.89. The normalized spacial score (nSPS) is 12.4. The van der Waals surface area contributed by atoms with Crippen molar-refractivity contribution in [3.05, 3.63) is 68.8 Å². The summed E-state index contributed by atoms with van der Waals surface area (Å²) in [7, 11) is 0. The summed E-state index contributed by atoms with van der Waals surface area (Å²) in [6.45, 7) is 2.24. The van der Waals surface area contributed by atoms with Gasteiger partial charge in [0, 0.05) is 3.57 Å². The van der Waals surface area contributed by atoms with Crippen molar-refractivity contribution in [2.75, 3.05) is 0 Å². The van der Waals surface area contributed by atoms with Crippen LogP contribution in [0.4, 0.5) is 0 Å². The molecule has 0 N–H and O–H groups in total. The first kappa shape index (κ1) is 15.0. The number of benzene rings is 2. The highest BCUT2D eigenvalue weighted by Crippen LogP contribution is 2.31. The molecule has 0 bridgehead atoms. The van der Waals surface area contributed by atoms with Gasteiger partial charge >= 0.3 is 0 Å². The smallest absolute Gasteiger partial charge is 0.0645 e. The Morgan fingerprint density at radius 2 is 1.79 bits per heavy atom. The fourth-order valence-electron chi connectivity index (χ4n) is 2.09. The number of unbranched alkanes of at least 4 members (excludes halogenated alkanes) is 1. The third-order valence-electron chi connectivity index (χ3n) is 3.23. The molecule has 0 nitrogen and oxygen atoms in total.